The number of rotatable bonds is 9. The molecule has 1 aromatic carbocycles. The molecular formula is C16H27N3O2. The summed E-state index contributed by atoms with van der Waals surface area (Å²) in [5.74, 6) is 0.452. The first-order valence-corrected chi connectivity index (χ1v) is 7.36. The molecule has 1 aromatic rings. The van der Waals surface area contributed by atoms with Gasteiger partial charge in [-0.3, -0.25) is 4.79 Å². The molecule has 118 valence electrons. The van der Waals surface area contributed by atoms with Crippen LogP contribution in [0.4, 0.5) is 0 Å². The molecule has 1 amide bonds. The lowest BCUT2D eigenvalue weighted by molar-refractivity contribution is -0.120. The van der Waals surface area contributed by atoms with E-state index >= 15 is 0 Å². The lowest BCUT2D eigenvalue weighted by Gasteiger charge is -2.15. The highest BCUT2D eigenvalue weighted by atomic mass is 16.5. The van der Waals surface area contributed by atoms with E-state index in [1.165, 1.54) is 5.56 Å². The molecule has 0 spiro atoms. The van der Waals surface area contributed by atoms with Gasteiger partial charge in [-0.2, -0.15) is 0 Å². The summed E-state index contributed by atoms with van der Waals surface area (Å²) in [6.45, 7) is 6.29. The van der Waals surface area contributed by atoms with Gasteiger partial charge in [0.2, 0.25) is 5.91 Å². The molecule has 0 saturated carbocycles. The molecule has 4 N–H and O–H groups in total. The second kappa shape index (κ2) is 9.50. The van der Waals surface area contributed by atoms with Crippen LogP contribution in [0.2, 0.25) is 0 Å². The SMILES string of the molecule is COCCNCC(=O)NCC(N)c1ccc(C(C)C)cc1. The number of methoxy groups -OCH3 is 1. The maximum atomic E-state index is 11.6. The van der Waals surface area contributed by atoms with Gasteiger partial charge < -0.3 is 21.1 Å². The summed E-state index contributed by atoms with van der Waals surface area (Å²) in [6, 6.07) is 8.06. The van der Waals surface area contributed by atoms with Crippen LogP contribution in [0.25, 0.3) is 0 Å². The van der Waals surface area contributed by atoms with E-state index in [9.17, 15) is 4.79 Å². The van der Waals surface area contributed by atoms with Gasteiger partial charge in [0, 0.05) is 26.2 Å². The number of carbonyl (C=O) groups excluding carboxylic acids is 1. The van der Waals surface area contributed by atoms with Crippen LogP contribution in [0.3, 0.4) is 0 Å². The maximum absolute atomic E-state index is 11.6. The molecule has 5 heteroatoms. The Morgan fingerprint density at radius 2 is 1.86 bits per heavy atom. The zero-order chi connectivity index (χ0) is 15.7. The molecular weight excluding hydrogens is 266 g/mol. The number of amides is 1. The van der Waals surface area contributed by atoms with Gasteiger partial charge in [-0.1, -0.05) is 38.1 Å². The third-order valence-electron chi connectivity index (χ3n) is 3.32. The topological polar surface area (TPSA) is 76.4 Å². The van der Waals surface area contributed by atoms with E-state index in [4.69, 9.17) is 10.5 Å². The van der Waals surface area contributed by atoms with Crippen LogP contribution < -0.4 is 16.4 Å². The minimum atomic E-state index is -0.186. The first-order valence-electron chi connectivity index (χ1n) is 7.36. The van der Waals surface area contributed by atoms with Crippen molar-refractivity contribution in [3.8, 4) is 0 Å². The third kappa shape index (κ3) is 6.71. The quantitative estimate of drug-likeness (QED) is 0.597. The van der Waals surface area contributed by atoms with E-state index in [1.807, 2.05) is 12.1 Å². The summed E-state index contributed by atoms with van der Waals surface area (Å²) in [7, 11) is 1.63. The van der Waals surface area contributed by atoms with E-state index in [1.54, 1.807) is 7.11 Å². The molecule has 1 rings (SSSR count). The van der Waals surface area contributed by atoms with Crippen LogP contribution in [0.1, 0.15) is 36.9 Å². The maximum Gasteiger partial charge on any atom is 0.234 e. The molecule has 1 unspecified atom stereocenters. The Morgan fingerprint density at radius 3 is 2.43 bits per heavy atom. The average molecular weight is 293 g/mol. The number of benzene rings is 1. The van der Waals surface area contributed by atoms with Crippen LogP contribution in [-0.4, -0.2) is 39.3 Å². The van der Waals surface area contributed by atoms with Gasteiger partial charge >= 0.3 is 0 Å². The molecule has 0 heterocycles. The van der Waals surface area contributed by atoms with Gasteiger partial charge in [0.15, 0.2) is 0 Å². The van der Waals surface area contributed by atoms with Crippen molar-refractivity contribution in [2.75, 3.05) is 33.4 Å². The van der Waals surface area contributed by atoms with Gasteiger partial charge in [-0.05, 0) is 17.0 Å². The normalized spacial score (nSPS) is 12.4. The van der Waals surface area contributed by atoms with Crippen molar-refractivity contribution >= 4 is 5.91 Å². The van der Waals surface area contributed by atoms with Gasteiger partial charge in [0.05, 0.1) is 13.2 Å². The zero-order valence-electron chi connectivity index (χ0n) is 13.2. The Kier molecular flexibility index (Phi) is 7.97. The number of nitrogens with one attached hydrogen (secondary N) is 2. The number of ether oxygens (including phenoxy) is 1. The molecule has 0 aromatic heterocycles. The fourth-order valence-corrected chi connectivity index (χ4v) is 1.91. The average Bonchev–Trinajstić information content (AvgIpc) is 2.49. The summed E-state index contributed by atoms with van der Waals surface area (Å²) in [5.41, 5.74) is 8.41. The molecule has 0 radical (unpaired) electrons. The van der Waals surface area contributed by atoms with Crippen molar-refractivity contribution in [1.82, 2.24) is 10.6 Å². The summed E-state index contributed by atoms with van der Waals surface area (Å²) >= 11 is 0. The monoisotopic (exact) mass is 293 g/mol. The first-order chi connectivity index (χ1) is 10.0. The smallest absolute Gasteiger partial charge is 0.234 e. The lowest BCUT2D eigenvalue weighted by Crippen LogP contribution is -2.38. The summed E-state index contributed by atoms with van der Waals surface area (Å²) in [4.78, 5) is 11.6. The third-order valence-corrected chi connectivity index (χ3v) is 3.32. The molecule has 1 atom stereocenters. The second-order valence-corrected chi connectivity index (χ2v) is 5.40. The molecule has 0 aliphatic heterocycles. The van der Waals surface area contributed by atoms with Gasteiger partial charge in [0.25, 0.3) is 0 Å². The summed E-state index contributed by atoms with van der Waals surface area (Å²) in [5, 5.41) is 5.82. The van der Waals surface area contributed by atoms with E-state index in [0.717, 1.165) is 5.56 Å². The van der Waals surface area contributed by atoms with E-state index in [0.29, 0.717) is 25.6 Å². The van der Waals surface area contributed by atoms with E-state index < -0.39 is 0 Å². The van der Waals surface area contributed by atoms with Crippen molar-refractivity contribution in [1.29, 1.82) is 0 Å². The molecule has 0 saturated heterocycles. The van der Waals surface area contributed by atoms with Crippen molar-refractivity contribution in [3.05, 3.63) is 35.4 Å². The van der Waals surface area contributed by atoms with E-state index in [-0.39, 0.29) is 18.5 Å². The van der Waals surface area contributed by atoms with E-state index in [2.05, 4.69) is 36.6 Å². The van der Waals surface area contributed by atoms with Crippen LogP contribution in [-0.2, 0) is 9.53 Å². The van der Waals surface area contributed by atoms with Crippen LogP contribution in [0.15, 0.2) is 24.3 Å². The predicted octanol–water partition coefficient (Wildman–Crippen LogP) is 1.16. The molecule has 5 nitrogen and oxygen atoms in total. The molecule has 0 fully saturated rings. The minimum Gasteiger partial charge on any atom is -0.383 e. The van der Waals surface area contributed by atoms with Crippen molar-refractivity contribution in [3.63, 3.8) is 0 Å². The second-order valence-electron chi connectivity index (χ2n) is 5.40. The predicted molar refractivity (Wildman–Crippen MR) is 85.2 cm³/mol. The Bertz CT molecular complexity index is 418. The highest BCUT2D eigenvalue weighted by Crippen LogP contribution is 2.17. The van der Waals surface area contributed by atoms with Crippen LogP contribution in [0, 0.1) is 0 Å². The fraction of sp³-hybridized carbons (Fsp3) is 0.562. The fourth-order valence-electron chi connectivity index (χ4n) is 1.91. The van der Waals surface area contributed by atoms with Gasteiger partial charge in [-0.25, -0.2) is 0 Å². The van der Waals surface area contributed by atoms with Crippen LogP contribution >= 0.6 is 0 Å². The molecule has 0 bridgehead atoms. The van der Waals surface area contributed by atoms with Crippen molar-refractivity contribution in [2.24, 2.45) is 5.73 Å². The Morgan fingerprint density at radius 1 is 1.24 bits per heavy atom. The van der Waals surface area contributed by atoms with Gasteiger partial charge in [0.1, 0.15) is 0 Å². The number of hydrogen-bond donors (Lipinski definition) is 3. The van der Waals surface area contributed by atoms with Crippen molar-refractivity contribution in [2.45, 2.75) is 25.8 Å². The van der Waals surface area contributed by atoms with Crippen LogP contribution in [0.5, 0.6) is 0 Å². The summed E-state index contributed by atoms with van der Waals surface area (Å²) < 4.78 is 4.89. The molecule has 0 aliphatic carbocycles. The number of hydrogen-bond acceptors (Lipinski definition) is 4. The Hall–Kier alpha value is -1.43. The highest BCUT2D eigenvalue weighted by molar-refractivity contribution is 5.78. The van der Waals surface area contributed by atoms with Crippen molar-refractivity contribution < 1.29 is 9.53 Å². The molecule has 21 heavy (non-hydrogen) atoms. The number of nitrogens with two attached hydrogens (primary N) is 1. The summed E-state index contributed by atoms with van der Waals surface area (Å²) in [6.07, 6.45) is 0. The van der Waals surface area contributed by atoms with Gasteiger partial charge in [-0.15, -0.1) is 0 Å². The highest BCUT2D eigenvalue weighted by Gasteiger charge is 2.08. The molecule has 0 aliphatic rings. The largest absolute Gasteiger partial charge is 0.383 e. The Balaban J connectivity index is 2.32. The standard InChI is InChI=1S/C16H27N3O2/c1-12(2)13-4-6-14(7-5-13)15(17)10-19-16(20)11-18-8-9-21-3/h4-7,12,15,18H,8-11,17H2,1-3H3,(H,19,20). The minimum absolute atomic E-state index is 0.0552. The number of carbonyl (C=O) groups is 1. The Labute approximate surface area is 127 Å². The first kappa shape index (κ1) is 17.6. The lowest BCUT2D eigenvalue weighted by atomic mass is 9.99. The zero-order valence-corrected chi connectivity index (χ0v) is 13.2.